The maximum atomic E-state index is 13.1. The number of rotatable bonds is 6. The Balaban J connectivity index is 1.21. The van der Waals surface area contributed by atoms with Crippen molar-refractivity contribution >= 4 is 28.3 Å². The number of hydrogen-bond donors (Lipinski definition) is 1. The largest absolute Gasteiger partial charge is 0.487 e. The van der Waals surface area contributed by atoms with Crippen LogP contribution in [0.15, 0.2) is 79.1 Å². The summed E-state index contributed by atoms with van der Waals surface area (Å²) in [4.78, 5) is 24.1. The lowest BCUT2D eigenvalue weighted by molar-refractivity contribution is -0.120. The average Bonchev–Trinajstić information content (AvgIpc) is 2.89. The van der Waals surface area contributed by atoms with Crippen LogP contribution in [0.5, 0.6) is 5.75 Å². The molecule has 2 heterocycles. The van der Waals surface area contributed by atoms with Crippen molar-refractivity contribution in [1.82, 2.24) is 9.97 Å². The van der Waals surface area contributed by atoms with E-state index in [-0.39, 0.29) is 17.6 Å². The van der Waals surface area contributed by atoms with E-state index in [1.807, 2.05) is 48.5 Å². The van der Waals surface area contributed by atoms with E-state index in [0.29, 0.717) is 18.0 Å². The van der Waals surface area contributed by atoms with Gasteiger partial charge in [0.25, 0.3) is 0 Å². The first kappa shape index (κ1) is 21.8. The molecule has 0 atom stereocenters. The third-order valence-electron chi connectivity index (χ3n) is 6.14. The summed E-state index contributed by atoms with van der Waals surface area (Å²) in [5, 5.41) is 4.07. The molecular formula is C27H25FN4O2. The molecule has 0 saturated carbocycles. The van der Waals surface area contributed by atoms with Crippen LogP contribution in [-0.4, -0.2) is 29.0 Å². The molecule has 5 rings (SSSR count). The van der Waals surface area contributed by atoms with Crippen LogP contribution in [0.25, 0.3) is 10.9 Å². The number of para-hydroxylation sites is 3. The highest BCUT2D eigenvalue weighted by molar-refractivity contribution is 5.94. The Morgan fingerprint density at radius 2 is 1.71 bits per heavy atom. The molecule has 172 valence electrons. The SMILES string of the molecule is O=C(Nc1ccccc1OCc1ccc(F)cc1)C1CCN(c2ncnc3ccccc23)CC1. The summed E-state index contributed by atoms with van der Waals surface area (Å²) in [5.41, 5.74) is 2.41. The van der Waals surface area contributed by atoms with Gasteiger partial charge < -0.3 is 15.0 Å². The lowest BCUT2D eigenvalue weighted by Crippen LogP contribution is -2.38. The number of carbonyl (C=O) groups excluding carboxylic acids is 1. The molecule has 3 aromatic carbocycles. The number of nitrogens with zero attached hydrogens (tertiary/aromatic N) is 3. The van der Waals surface area contributed by atoms with Gasteiger partial charge in [-0.15, -0.1) is 0 Å². The molecule has 0 aliphatic carbocycles. The molecule has 34 heavy (non-hydrogen) atoms. The van der Waals surface area contributed by atoms with Gasteiger partial charge >= 0.3 is 0 Å². The van der Waals surface area contributed by atoms with Gasteiger partial charge in [0.1, 0.15) is 30.3 Å². The number of anilines is 2. The number of ether oxygens (including phenoxy) is 1. The van der Waals surface area contributed by atoms with Gasteiger partial charge in [0.05, 0.1) is 11.2 Å². The topological polar surface area (TPSA) is 67.3 Å². The summed E-state index contributed by atoms with van der Waals surface area (Å²) in [6.07, 6.45) is 3.07. The summed E-state index contributed by atoms with van der Waals surface area (Å²) in [5.74, 6) is 1.13. The summed E-state index contributed by atoms with van der Waals surface area (Å²) < 4.78 is 19.0. The van der Waals surface area contributed by atoms with E-state index in [0.717, 1.165) is 48.2 Å². The van der Waals surface area contributed by atoms with Crippen molar-refractivity contribution in [2.75, 3.05) is 23.3 Å². The minimum Gasteiger partial charge on any atom is -0.487 e. The fourth-order valence-electron chi connectivity index (χ4n) is 4.27. The van der Waals surface area contributed by atoms with E-state index in [9.17, 15) is 9.18 Å². The number of hydrogen-bond acceptors (Lipinski definition) is 5. The fourth-order valence-corrected chi connectivity index (χ4v) is 4.27. The molecule has 1 aromatic heterocycles. The zero-order valence-electron chi connectivity index (χ0n) is 18.7. The third-order valence-corrected chi connectivity index (χ3v) is 6.14. The summed E-state index contributed by atoms with van der Waals surface area (Å²) in [6, 6.07) is 21.5. The molecule has 0 radical (unpaired) electrons. The Bertz CT molecular complexity index is 1280. The Hall–Kier alpha value is -4.00. The number of piperidine rings is 1. The van der Waals surface area contributed by atoms with Crippen LogP contribution in [-0.2, 0) is 11.4 Å². The summed E-state index contributed by atoms with van der Waals surface area (Å²) in [7, 11) is 0. The highest BCUT2D eigenvalue weighted by atomic mass is 19.1. The molecule has 1 fully saturated rings. The lowest BCUT2D eigenvalue weighted by Gasteiger charge is -2.32. The van der Waals surface area contributed by atoms with E-state index < -0.39 is 0 Å². The zero-order chi connectivity index (χ0) is 23.3. The molecule has 1 aliphatic rings. The summed E-state index contributed by atoms with van der Waals surface area (Å²) >= 11 is 0. The molecule has 1 amide bonds. The monoisotopic (exact) mass is 456 g/mol. The van der Waals surface area contributed by atoms with E-state index in [1.54, 1.807) is 18.5 Å². The van der Waals surface area contributed by atoms with Gasteiger partial charge in [0, 0.05) is 24.4 Å². The zero-order valence-corrected chi connectivity index (χ0v) is 18.7. The van der Waals surface area contributed by atoms with Crippen LogP contribution in [0.4, 0.5) is 15.9 Å². The van der Waals surface area contributed by atoms with E-state index in [1.165, 1.54) is 12.1 Å². The lowest BCUT2D eigenvalue weighted by atomic mass is 9.95. The fraction of sp³-hybridized carbons (Fsp3) is 0.222. The second kappa shape index (κ2) is 9.87. The Labute approximate surface area is 197 Å². The number of benzene rings is 3. The molecule has 1 saturated heterocycles. The maximum Gasteiger partial charge on any atom is 0.227 e. The standard InChI is InChI=1S/C27H25FN4O2/c28-21-11-9-19(10-12-21)17-34-25-8-4-3-7-24(25)31-27(33)20-13-15-32(16-14-20)26-22-5-1-2-6-23(22)29-18-30-26/h1-12,18,20H,13-17H2,(H,31,33). The van der Waals surface area contributed by atoms with Crippen molar-refractivity contribution in [3.05, 3.63) is 90.5 Å². The molecule has 7 heteroatoms. The first-order chi connectivity index (χ1) is 16.7. The highest BCUT2D eigenvalue weighted by Crippen LogP contribution is 2.30. The van der Waals surface area contributed by atoms with Crippen LogP contribution in [0, 0.1) is 11.7 Å². The quantitative estimate of drug-likeness (QED) is 0.432. The highest BCUT2D eigenvalue weighted by Gasteiger charge is 2.27. The molecule has 1 aliphatic heterocycles. The molecule has 0 spiro atoms. The number of halogens is 1. The smallest absolute Gasteiger partial charge is 0.227 e. The molecule has 4 aromatic rings. The first-order valence-electron chi connectivity index (χ1n) is 11.4. The predicted molar refractivity (Wildman–Crippen MR) is 130 cm³/mol. The second-order valence-corrected chi connectivity index (χ2v) is 8.38. The third kappa shape index (κ3) is 4.83. The number of amides is 1. The van der Waals surface area contributed by atoms with Crippen molar-refractivity contribution in [3.8, 4) is 5.75 Å². The predicted octanol–water partition coefficient (Wildman–Crippen LogP) is 5.20. The Morgan fingerprint density at radius 3 is 2.53 bits per heavy atom. The van der Waals surface area contributed by atoms with Gasteiger partial charge in [-0.25, -0.2) is 14.4 Å². The van der Waals surface area contributed by atoms with Gasteiger partial charge in [-0.1, -0.05) is 36.4 Å². The molecule has 1 N–H and O–H groups in total. The van der Waals surface area contributed by atoms with Gasteiger partial charge in [-0.3, -0.25) is 4.79 Å². The van der Waals surface area contributed by atoms with Gasteiger partial charge in [-0.2, -0.15) is 0 Å². The maximum absolute atomic E-state index is 13.1. The van der Waals surface area contributed by atoms with Crippen molar-refractivity contribution < 1.29 is 13.9 Å². The normalized spacial score (nSPS) is 14.2. The van der Waals surface area contributed by atoms with E-state index in [4.69, 9.17) is 4.74 Å². The number of carbonyl (C=O) groups is 1. The van der Waals surface area contributed by atoms with Crippen molar-refractivity contribution in [2.24, 2.45) is 5.92 Å². The molecule has 6 nitrogen and oxygen atoms in total. The minimum absolute atomic E-state index is 0.00923. The van der Waals surface area contributed by atoms with Gasteiger partial charge in [-0.05, 0) is 54.8 Å². The van der Waals surface area contributed by atoms with E-state index in [2.05, 4.69) is 20.2 Å². The summed E-state index contributed by atoms with van der Waals surface area (Å²) in [6.45, 7) is 1.79. The number of nitrogens with one attached hydrogen (secondary N) is 1. The van der Waals surface area contributed by atoms with Crippen LogP contribution >= 0.6 is 0 Å². The van der Waals surface area contributed by atoms with Crippen molar-refractivity contribution in [2.45, 2.75) is 19.4 Å². The molecular weight excluding hydrogens is 431 g/mol. The average molecular weight is 457 g/mol. The van der Waals surface area contributed by atoms with Crippen LogP contribution in [0.3, 0.4) is 0 Å². The minimum atomic E-state index is -0.282. The van der Waals surface area contributed by atoms with Gasteiger partial charge in [0.15, 0.2) is 0 Å². The van der Waals surface area contributed by atoms with Crippen LogP contribution in [0.1, 0.15) is 18.4 Å². The Morgan fingerprint density at radius 1 is 0.971 bits per heavy atom. The van der Waals surface area contributed by atoms with Crippen molar-refractivity contribution in [1.29, 1.82) is 0 Å². The first-order valence-corrected chi connectivity index (χ1v) is 11.4. The molecule has 0 unspecified atom stereocenters. The van der Waals surface area contributed by atoms with Gasteiger partial charge in [0.2, 0.25) is 5.91 Å². The van der Waals surface area contributed by atoms with E-state index >= 15 is 0 Å². The van der Waals surface area contributed by atoms with Crippen LogP contribution < -0.4 is 15.0 Å². The number of fused-ring (bicyclic) bond motifs is 1. The Kier molecular flexibility index (Phi) is 6.33. The van der Waals surface area contributed by atoms with Crippen LogP contribution in [0.2, 0.25) is 0 Å². The number of aromatic nitrogens is 2. The van der Waals surface area contributed by atoms with Crippen molar-refractivity contribution in [3.63, 3.8) is 0 Å². The molecule has 0 bridgehead atoms. The second-order valence-electron chi connectivity index (χ2n) is 8.38.